The Kier molecular flexibility index (Phi) is 6.23. The topological polar surface area (TPSA) is 77.4 Å². The molecule has 2 N–H and O–H groups in total. The maximum atomic E-state index is 12.7. The third kappa shape index (κ3) is 4.36. The highest BCUT2D eigenvalue weighted by Crippen LogP contribution is 2.31. The number of carbonyl (C=O) groups is 1. The third-order valence-electron chi connectivity index (χ3n) is 4.98. The second-order valence-electron chi connectivity index (χ2n) is 6.87. The molecular weight excluding hydrogens is 368 g/mol. The van der Waals surface area contributed by atoms with Crippen molar-refractivity contribution in [2.75, 3.05) is 26.3 Å². The molecule has 8 heteroatoms. The maximum Gasteiger partial charge on any atom is 0.225 e. The van der Waals surface area contributed by atoms with Gasteiger partial charge in [-0.25, -0.2) is 0 Å². The van der Waals surface area contributed by atoms with E-state index in [1.807, 2.05) is 37.6 Å². The maximum absolute atomic E-state index is 12.7. The lowest BCUT2D eigenvalue weighted by molar-refractivity contribution is -0.125. The van der Waals surface area contributed by atoms with Gasteiger partial charge in [-0.15, -0.1) is 12.4 Å². The molecule has 0 aliphatic carbocycles. The number of nitrogens with one attached hydrogen (secondary N) is 2. The van der Waals surface area contributed by atoms with Crippen LogP contribution in [-0.4, -0.2) is 42.0 Å². The number of hydrogen-bond acceptors (Lipinski definition) is 5. The quantitative estimate of drug-likeness (QED) is 0.826. The van der Waals surface area contributed by atoms with Gasteiger partial charge >= 0.3 is 0 Å². The van der Waals surface area contributed by atoms with Crippen molar-refractivity contribution in [2.45, 2.75) is 18.9 Å². The van der Waals surface area contributed by atoms with Crippen LogP contribution < -0.4 is 20.1 Å². The predicted molar refractivity (Wildman–Crippen MR) is 103 cm³/mol. The van der Waals surface area contributed by atoms with Crippen LogP contribution in [0.5, 0.6) is 11.5 Å². The summed E-state index contributed by atoms with van der Waals surface area (Å²) in [6.07, 6.45) is 4.72. The highest BCUT2D eigenvalue weighted by molar-refractivity contribution is 5.85. The average molecular weight is 393 g/mol. The van der Waals surface area contributed by atoms with Gasteiger partial charge in [0.15, 0.2) is 11.5 Å². The van der Waals surface area contributed by atoms with Crippen LogP contribution in [0.3, 0.4) is 0 Å². The molecule has 0 bridgehead atoms. The van der Waals surface area contributed by atoms with Crippen LogP contribution in [0.25, 0.3) is 0 Å². The van der Waals surface area contributed by atoms with Gasteiger partial charge in [0.2, 0.25) is 5.91 Å². The molecule has 0 radical (unpaired) electrons. The molecule has 2 aromatic rings. The molecule has 1 aromatic heterocycles. The van der Waals surface area contributed by atoms with Gasteiger partial charge in [0.25, 0.3) is 0 Å². The molecule has 4 rings (SSSR count). The van der Waals surface area contributed by atoms with Crippen molar-refractivity contribution in [3.63, 3.8) is 0 Å². The molecule has 3 heterocycles. The number of aromatic nitrogens is 2. The van der Waals surface area contributed by atoms with E-state index >= 15 is 0 Å². The third-order valence-corrected chi connectivity index (χ3v) is 4.98. The Labute approximate surface area is 164 Å². The zero-order valence-corrected chi connectivity index (χ0v) is 16.1. The van der Waals surface area contributed by atoms with Crippen LogP contribution in [0.4, 0.5) is 0 Å². The molecule has 7 nitrogen and oxygen atoms in total. The molecule has 0 spiro atoms. The Morgan fingerprint density at radius 2 is 2.11 bits per heavy atom. The van der Waals surface area contributed by atoms with Crippen molar-refractivity contribution >= 4 is 18.3 Å². The number of fused-ring (bicyclic) bond motifs is 1. The van der Waals surface area contributed by atoms with Crippen LogP contribution in [0.2, 0.25) is 0 Å². The standard InChI is InChI=1S/C19H24N4O3.ClH/c1-23-12-14(9-22-23)15-10-20-11-16(15)19(24)21-8-13-3-4-17-18(7-13)26-6-2-5-25-17;/h3-4,7,9,12,15-16,20H,2,5-6,8,10-11H2,1H3,(H,21,24);1H/t15-,16+;/m1./s1. The Bertz CT molecular complexity index is 795. The Morgan fingerprint density at radius 3 is 2.89 bits per heavy atom. The number of aryl methyl sites for hydroxylation is 1. The monoisotopic (exact) mass is 392 g/mol. The van der Waals surface area contributed by atoms with Gasteiger partial charge in [-0.05, 0) is 23.3 Å². The smallest absolute Gasteiger partial charge is 0.225 e. The van der Waals surface area contributed by atoms with Gasteiger partial charge in [-0.1, -0.05) is 6.07 Å². The molecule has 1 amide bonds. The number of amides is 1. The van der Waals surface area contributed by atoms with Crippen LogP contribution >= 0.6 is 12.4 Å². The van der Waals surface area contributed by atoms with Crippen molar-refractivity contribution in [1.29, 1.82) is 0 Å². The van der Waals surface area contributed by atoms with E-state index in [1.54, 1.807) is 4.68 Å². The summed E-state index contributed by atoms with van der Waals surface area (Å²) < 4.78 is 13.1. The Balaban J connectivity index is 0.00000210. The molecule has 27 heavy (non-hydrogen) atoms. The van der Waals surface area contributed by atoms with E-state index in [-0.39, 0.29) is 30.2 Å². The fraction of sp³-hybridized carbons (Fsp3) is 0.474. The minimum absolute atomic E-state index is 0. The number of ether oxygens (including phenoxy) is 2. The molecular formula is C19H25ClN4O3. The second kappa shape index (κ2) is 8.63. The van der Waals surface area contributed by atoms with E-state index in [0.717, 1.165) is 35.6 Å². The first-order valence-corrected chi connectivity index (χ1v) is 9.06. The van der Waals surface area contributed by atoms with Crippen molar-refractivity contribution in [1.82, 2.24) is 20.4 Å². The van der Waals surface area contributed by atoms with Crippen LogP contribution in [-0.2, 0) is 18.4 Å². The van der Waals surface area contributed by atoms with E-state index in [0.29, 0.717) is 26.3 Å². The number of halogens is 1. The van der Waals surface area contributed by atoms with Crippen molar-refractivity contribution < 1.29 is 14.3 Å². The average Bonchev–Trinajstić information content (AvgIpc) is 3.23. The van der Waals surface area contributed by atoms with E-state index in [1.165, 1.54) is 0 Å². The number of rotatable bonds is 4. The van der Waals surface area contributed by atoms with Crippen LogP contribution in [0, 0.1) is 5.92 Å². The van der Waals surface area contributed by atoms with E-state index in [2.05, 4.69) is 15.7 Å². The minimum Gasteiger partial charge on any atom is -0.490 e. The SMILES string of the molecule is Cl.Cn1cc([C@H]2CNC[C@@H]2C(=O)NCc2ccc3c(c2)OCCCO3)cn1. The van der Waals surface area contributed by atoms with Gasteiger partial charge < -0.3 is 20.1 Å². The Hall–Kier alpha value is -2.25. The number of hydrogen-bond donors (Lipinski definition) is 2. The van der Waals surface area contributed by atoms with E-state index < -0.39 is 0 Å². The summed E-state index contributed by atoms with van der Waals surface area (Å²) in [7, 11) is 1.89. The molecule has 2 aliphatic heterocycles. The minimum atomic E-state index is -0.0837. The van der Waals surface area contributed by atoms with Crippen molar-refractivity contribution in [2.24, 2.45) is 13.0 Å². The lowest BCUT2D eigenvalue weighted by Crippen LogP contribution is -2.33. The summed E-state index contributed by atoms with van der Waals surface area (Å²) in [4.78, 5) is 12.7. The zero-order valence-electron chi connectivity index (χ0n) is 15.3. The fourth-order valence-electron chi connectivity index (χ4n) is 3.57. The largest absolute Gasteiger partial charge is 0.490 e. The van der Waals surface area contributed by atoms with Crippen LogP contribution in [0.15, 0.2) is 30.6 Å². The lowest BCUT2D eigenvalue weighted by Gasteiger charge is -2.17. The molecule has 1 saturated heterocycles. The molecule has 1 aromatic carbocycles. The first kappa shape index (κ1) is 19.5. The number of nitrogens with zero attached hydrogens (tertiary/aromatic N) is 2. The highest BCUT2D eigenvalue weighted by atomic mass is 35.5. The van der Waals surface area contributed by atoms with Crippen molar-refractivity contribution in [3.8, 4) is 11.5 Å². The van der Waals surface area contributed by atoms with Crippen LogP contribution in [0.1, 0.15) is 23.5 Å². The molecule has 1 fully saturated rings. The summed E-state index contributed by atoms with van der Waals surface area (Å²) in [5.41, 5.74) is 2.11. The van der Waals surface area contributed by atoms with Gasteiger partial charge in [0.1, 0.15) is 0 Å². The Morgan fingerprint density at radius 1 is 1.30 bits per heavy atom. The highest BCUT2D eigenvalue weighted by Gasteiger charge is 2.34. The summed E-state index contributed by atoms with van der Waals surface area (Å²) in [5, 5.41) is 10.6. The predicted octanol–water partition coefficient (Wildman–Crippen LogP) is 1.62. The normalized spacial score (nSPS) is 21.2. The first-order valence-electron chi connectivity index (χ1n) is 9.06. The molecule has 146 valence electrons. The molecule has 0 saturated carbocycles. The summed E-state index contributed by atoms with van der Waals surface area (Å²) in [6, 6.07) is 5.84. The zero-order chi connectivity index (χ0) is 17.9. The second-order valence-corrected chi connectivity index (χ2v) is 6.87. The fourth-order valence-corrected chi connectivity index (χ4v) is 3.57. The van der Waals surface area contributed by atoms with Gasteiger partial charge in [0.05, 0.1) is 25.3 Å². The van der Waals surface area contributed by atoms with Gasteiger partial charge in [-0.2, -0.15) is 5.10 Å². The lowest BCUT2D eigenvalue weighted by atomic mass is 9.90. The molecule has 0 unspecified atom stereocenters. The van der Waals surface area contributed by atoms with E-state index in [4.69, 9.17) is 9.47 Å². The molecule has 2 atom stereocenters. The van der Waals surface area contributed by atoms with E-state index in [9.17, 15) is 4.79 Å². The summed E-state index contributed by atoms with van der Waals surface area (Å²) in [5.74, 6) is 1.67. The summed E-state index contributed by atoms with van der Waals surface area (Å²) in [6.45, 7) is 3.29. The van der Waals surface area contributed by atoms with Crippen molar-refractivity contribution in [3.05, 3.63) is 41.7 Å². The first-order chi connectivity index (χ1) is 12.7. The van der Waals surface area contributed by atoms with Gasteiger partial charge in [-0.3, -0.25) is 9.48 Å². The van der Waals surface area contributed by atoms with Gasteiger partial charge in [0, 0.05) is 45.2 Å². The molecule has 2 aliphatic rings. The number of carbonyl (C=O) groups excluding carboxylic acids is 1. The number of benzene rings is 1. The summed E-state index contributed by atoms with van der Waals surface area (Å²) >= 11 is 0.